The van der Waals surface area contributed by atoms with Crippen LogP contribution in [-0.2, 0) is 11.3 Å². The van der Waals surface area contributed by atoms with E-state index >= 15 is 0 Å². The van der Waals surface area contributed by atoms with Gasteiger partial charge < -0.3 is 10.1 Å². The number of hydrogen-bond donors (Lipinski definition) is 1. The number of ether oxygens (including phenoxy) is 1. The van der Waals surface area contributed by atoms with Crippen molar-refractivity contribution >= 4 is 22.9 Å². The van der Waals surface area contributed by atoms with Gasteiger partial charge in [0.25, 0.3) is 0 Å². The first-order valence-corrected chi connectivity index (χ1v) is 6.60. The molecule has 0 fully saturated rings. The number of hydrogen-bond acceptors (Lipinski definition) is 3. The molecule has 2 nitrogen and oxygen atoms in total. The van der Waals surface area contributed by atoms with Gasteiger partial charge in [0, 0.05) is 25.1 Å². The Morgan fingerprint density at radius 1 is 1.44 bits per heavy atom. The molecule has 1 unspecified atom stereocenters. The zero-order chi connectivity index (χ0) is 12.2. The van der Waals surface area contributed by atoms with Crippen molar-refractivity contribution in [2.24, 2.45) is 5.41 Å². The fraction of sp³-hybridized carbons (Fsp3) is 0.667. The van der Waals surface area contributed by atoms with Crippen LogP contribution in [0.3, 0.4) is 0 Å². The second kappa shape index (κ2) is 6.01. The van der Waals surface area contributed by atoms with Crippen LogP contribution in [0.4, 0.5) is 0 Å². The molecule has 4 heteroatoms. The van der Waals surface area contributed by atoms with E-state index in [1.165, 1.54) is 4.88 Å². The van der Waals surface area contributed by atoms with Crippen LogP contribution in [0, 0.1) is 5.41 Å². The van der Waals surface area contributed by atoms with Crippen molar-refractivity contribution in [3.05, 3.63) is 21.3 Å². The van der Waals surface area contributed by atoms with Gasteiger partial charge in [0.2, 0.25) is 0 Å². The number of nitrogens with one attached hydrogen (secondary N) is 1. The molecule has 0 bridgehead atoms. The SMILES string of the molecule is COC(CNCc1ccc(Cl)s1)C(C)(C)C. The third kappa shape index (κ3) is 4.42. The molecule has 0 saturated carbocycles. The molecule has 0 aromatic carbocycles. The van der Waals surface area contributed by atoms with Crippen molar-refractivity contribution in [3.8, 4) is 0 Å². The van der Waals surface area contributed by atoms with Crippen molar-refractivity contribution in [2.75, 3.05) is 13.7 Å². The number of methoxy groups -OCH3 is 1. The van der Waals surface area contributed by atoms with Crippen LogP contribution in [0.5, 0.6) is 0 Å². The minimum Gasteiger partial charge on any atom is -0.380 e. The summed E-state index contributed by atoms with van der Waals surface area (Å²) < 4.78 is 6.32. The zero-order valence-electron chi connectivity index (χ0n) is 10.3. The van der Waals surface area contributed by atoms with E-state index < -0.39 is 0 Å². The van der Waals surface area contributed by atoms with E-state index in [-0.39, 0.29) is 11.5 Å². The maximum absolute atomic E-state index is 5.87. The highest BCUT2D eigenvalue weighted by Crippen LogP contribution is 2.23. The van der Waals surface area contributed by atoms with Gasteiger partial charge >= 0.3 is 0 Å². The predicted octanol–water partition coefficient (Wildman–Crippen LogP) is 3.55. The van der Waals surface area contributed by atoms with Crippen molar-refractivity contribution in [3.63, 3.8) is 0 Å². The lowest BCUT2D eigenvalue weighted by atomic mass is 9.89. The summed E-state index contributed by atoms with van der Waals surface area (Å²) in [5.74, 6) is 0. The van der Waals surface area contributed by atoms with Gasteiger partial charge in [0.05, 0.1) is 10.4 Å². The normalized spacial score (nSPS) is 14.1. The molecule has 1 atom stereocenters. The standard InChI is InChI=1S/C12H20ClNOS/c1-12(2,3)10(15-4)8-14-7-9-5-6-11(13)16-9/h5-6,10,14H,7-8H2,1-4H3. The lowest BCUT2D eigenvalue weighted by Crippen LogP contribution is -2.37. The first-order valence-electron chi connectivity index (χ1n) is 5.41. The number of thiophene rings is 1. The molecule has 1 heterocycles. The molecule has 92 valence electrons. The lowest BCUT2D eigenvalue weighted by molar-refractivity contribution is 0.0174. The second-order valence-electron chi connectivity index (χ2n) is 4.93. The quantitative estimate of drug-likeness (QED) is 0.875. The highest BCUT2D eigenvalue weighted by molar-refractivity contribution is 7.16. The van der Waals surface area contributed by atoms with Gasteiger partial charge in [-0.2, -0.15) is 0 Å². The van der Waals surface area contributed by atoms with Gasteiger partial charge in [-0.15, -0.1) is 11.3 Å². The average Bonchev–Trinajstić information content (AvgIpc) is 2.57. The van der Waals surface area contributed by atoms with Gasteiger partial charge in [-0.1, -0.05) is 32.4 Å². The maximum atomic E-state index is 5.87. The number of halogens is 1. The molecule has 0 amide bonds. The Morgan fingerprint density at radius 3 is 2.56 bits per heavy atom. The molecular weight excluding hydrogens is 242 g/mol. The monoisotopic (exact) mass is 261 g/mol. The largest absolute Gasteiger partial charge is 0.380 e. The van der Waals surface area contributed by atoms with Gasteiger partial charge in [0.15, 0.2) is 0 Å². The van der Waals surface area contributed by atoms with Crippen LogP contribution in [0.1, 0.15) is 25.6 Å². The van der Waals surface area contributed by atoms with Gasteiger partial charge in [-0.3, -0.25) is 0 Å². The summed E-state index contributed by atoms with van der Waals surface area (Å²) in [4.78, 5) is 1.26. The van der Waals surface area contributed by atoms with Gasteiger partial charge in [0.1, 0.15) is 0 Å². The van der Waals surface area contributed by atoms with Crippen LogP contribution in [-0.4, -0.2) is 19.8 Å². The second-order valence-corrected chi connectivity index (χ2v) is 6.73. The third-order valence-electron chi connectivity index (χ3n) is 2.51. The van der Waals surface area contributed by atoms with E-state index in [2.05, 4.69) is 32.2 Å². The summed E-state index contributed by atoms with van der Waals surface area (Å²) >= 11 is 7.48. The molecule has 0 saturated heterocycles. The highest BCUT2D eigenvalue weighted by atomic mass is 35.5. The van der Waals surface area contributed by atoms with Crippen molar-refractivity contribution in [1.29, 1.82) is 0 Å². The molecule has 0 aliphatic carbocycles. The van der Waals surface area contributed by atoms with E-state index in [1.807, 2.05) is 6.07 Å². The lowest BCUT2D eigenvalue weighted by Gasteiger charge is -2.29. The summed E-state index contributed by atoms with van der Waals surface area (Å²) in [5.41, 5.74) is 0.162. The first kappa shape index (κ1) is 14.0. The zero-order valence-corrected chi connectivity index (χ0v) is 11.9. The van der Waals surface area contributed by atoms with Gasteiger partial charge in [-0.25, -0.2) is 0 Å². The van der Waals surface area contributed by atoms with Crippen LogP contribution >= 0.6 is 22.9 Å². The smallest absolute Gasteiger partial charge is 0.0931 e. The Bertz CT molecular complexity index is 319. The third-order valence-corrected chi connectivity index (χ3v) is 3.74. The van der Waals surface area contributed by atoms with Crippen LogP contribution in [0.2, 0.25) is 4.34 Å². The summed E-state index contributed by atoms with van der Waals surface area (Å²) in [6, 6.07) is 3.99. The Morgan fingerprint density at radius 2 is 2.12 bits per heavy atom. The van der Waals surface area contributed by atoms with Crippen molar-refractivity contribution in [1.82, 2.24) is 5.32 Å². The molecule has 0 aliphatic rings. The van der Waals surface area contributed by atoms with E-state index in [9.17, 15) is 0 Å². The van der Waals surface area contributed by atoms with E-state index in [4.69, 9.17) is 16.3 Å². The molecule has 1 N–H and O–H groups in total. The molecular formula is C12H20ClNOS. The molecule has 0 aliphatic heterocycles. The Balaban J connectivity index is 2.34. The summed E-state index contributed by atoms with van der Waals surface area (Å²) in [7, 11) is 1.76. The Labute approximate surface area is 107 Å². The first-order chi connectivity index (χ1) is 7.43. The average molecular weight is 262 g/mol. The highest BCUT2D eigenvalue weighted by Gasteiger charge is 2.23. The topological polar surface area (TPSA) is 21.3 Å². The maximum Gasteiger partial charge on any atom is 0.0931 e. The van der Waals surface area contributed by atoms with Crippen LogP contribution in [0.25, 0.3) is 0 Å². The fourth-order valence-electron chi connectivity index (χ4n) is 1.52. The van der Waals surface area contributed by atoms with E-state index in [0.717, 1.165) is 17.4 Å². The molecule has 0 radical (unpaired) electrons. The summed E-state index contributed by atoms with van der Waals surface area (Å²) in [5, 5.41) is 3.40. The fourth-order valence-corrected chi connectivity index (χ4v) is 2.57. The van der Waals surface area contributed by atoms with E-state index in [0.29, 0.717) is 0 Å². The molecule has 1 aromatic heterocycles. The predicted molar refractivity (Wildman–Crippen MR) is 71.3 cm³/mol. The molecule has 1 aromatic rings. The van der Waals surface area contributed by atoms with Crippen LogP contribution < -0.4 is 5.32 Å². The van der Waals surface area contributed by atoms with Crippen molar-refractivity contribution < 1.29 is 4.74 Å². The van der Waals surface area contributed by atoms with Crippen molar-refractivity contribution in [2.45, 2.75) is 33.4 Å². The Kier molecular flexibility index (Phi) is 5.25. The molecule has 16 heavy (non-hydrogen) atoms. The minimum atomic E-state index is 0.162. The molecule has 0 spiro atoms. The van der Waals surface area contributed by atoms with Gasteiger partial charge in [-0.05, 0) is 17.5 Å². The number of rotatable bonds is 5. The minimum absolute atomic E-state index is 0.162. The van der Waals surface area contributed by atoms with E-state index in [1.54, 1.807) is 18.4 Å². The molecule has 1 rings (SSSR count). The van der Waals surface area contributed by atoms with Crippen LogP contribution in [0.15, 0.2) is 12.1 Å². The Hall–Kier alpha value is -0.0900. The summed E-state index contributed by atoms with van der Waals surface area (Å²) in [6.45, 7) is 8.27. The summed E-state index contributed by atoms with van der Waals surface area (Å²) in [6.07, 6.45) is 0.225.